The zero-order chi connectivity index (χ0) is 21.3. The van der Waals surface area contributed by atoms with Gasteiger partial charge in [0.15, 0.2) is 11.3 Å². The molecule has 3 aliphatic carbocycles. The van der Waals surface area contributed by atoms with E-state index in [0.717, 1.165) is 17.7 Å². The Bertz CT molecular complexity index is 1100. The van der Waals surface area contributed by atoms with Crippen LogP contribution < -0.4 is 15.4 Å². The van der Waals surface area contributed by atoms with E-state index in [2.05, 4.69) is 15.5 Å². The lowest BCUT2D eigenvalue weighted by Crippen LogP contribution is -2.82. The maximum Gasteiger partial charge on any atom is 0.322 e. The fourth-order valence-corrected chi connectivity index (χ4v) is 7.37. The topological polar surface area (TPSA) is 108 Å². The van der Waals surface area contributed by atoms with E-state index in [0.29, 0.717) is 30.2 Å². The molecule has 0 radical (unpaired) electrons. The van der Waals surface area contributed by atoms with Crippen molar-refractivity contribution in [1.82, 2.24) is 15.5 Å². The van der Waals surface area contributed by atoms with Crippen LogP contribution in [0.1, 0.15) is 53.6 Å². The average molecular weight is 423 g/mol. The van der Waals surface area contributed by atoms with Crippen molar-refractivity contribution in [3.8, 4) is 5.75 Å². The minimum atomic E-state index is -1.34. The first-order valence-electron chi connectivity index (χ1n) is 11.3. The van der Waals surface area contributed by atoms with Gasteiger partial charge in [0.2, 0.25) is 0 Å². The van der Waals surface area contributed by atoms with Gasteiger partial charge in [0, 0.05) is 24.2 Å². The van der Waals surface area contributed by atoms with Gasteiger partial charge >= 0.3 is 6.03 Å². The van der Waals surface area contributed by atoms with Gasteiger partial charge in [-0.1, -0.05) is 12.1 Å². The number of benzene rings is 1. The number of aryl methyl sites for hydroxylation is 1. The second kappa shape index (κ2) is 5.30. The molecule has 3 amide bonds. The number of Topliss-reactive ketones (excluding diaryl/α,β-unsaturated/α-hetero) is 1. The van der Waals surface area contributed by atoms with Crippen LogP contribution >= 0.6 is 0 Å². The molecule has 5 atom stereocenters. The summed E-state index contributed by atoms with van der Waals surface area (Å²) >= 11 is 0. The third kappa shape index (κ3) is 1.85. The Morgan fingerprint density at radius 3 is 2.71 bits per heavy atom. The average Bonchev–Trinajstić information content (AvgIpc) is 3.39. The first-order valence-corrected chi connectivity index (χ1v) is 11.3. The highest BCUT2D eigenvalue weighted by Gasteiger charge is 2.79. The third-order valence-corrected chi connectivity index (χ3v) is 8.89. The summed E-state index contributed by atoms with van der Waals surface area (Å²) in [4.78, 5) is 41.2. The Morgan fingerprint density at radius 2 is 2.00 bits per heavy atom. The quantitative estimate of drug-likeness (QED) is 0.607. The zero-order valence-corrected chi connectivity index (χ0v) is 17.4. The number of hydrogen-bond acceptors (Lipinski definition) is 6. The molecule has 3 heterocycles. The number of hydrogen-bond donors (Lipinski definition) is 3. The first-order chi connectivity index (χ1) is 14.8. The van der Waals surface area contributed by atoms with E-state index in [1.807, 2.05) is 19.1 Å². The van der Waals surface area contributed by atoms with Gasteiger partial charge in [-0.05, 0) is 50.5 Å². The van der Waals surface area contributed by atoms with Crippen molar-refractivity contribution in [3.63, 3.8) is 0 Å². The largest absolute Gasteiger partial charge is 0.486 e. The van der Waals surface area contributed by atoms with Crippen LogP contribution in [0.25, 0.3) is 0 Å². The van der Waals surface area contributed by atoms with E-state index in [4.69, 9.17) is 4.74 Å². The molecule has 162 valence electrons. The highest BCUT2D eigenvalue weighted by molar-refractivity contribution is 6.10. The molecule has 7 rings (SSSR count). The normalized spacial score (nSPS) is 42.3. The number of imide groups is 1. The monoisotopic (exact) mass is 423 g/mol. The van der Waals surface area contributed by atoms with Crippen LogP contribution in [0.15, 0.2) is 12.1 Å². The number of likely N-dealkylation sites (tertiary alicyclic amines) is 1. The van der Waals surface area contributed by atoms with Crippen molar-refractivity contribution < 1.29 is 24.2 Å². The minimum Gasteiger partial charge on any atom is -0.486 e. The summed E-state index contributed by atoms with van der Waals surface area (Å²) in [7, 11) is 0. The Morgan fingerprint density at radius 1 is 1.19 bits per heavy atom. The summed E-state index contributed by atoms with van der Waals surface area (Å²) in [6.07, 6.45) is 2.66. The molecule has 3 aliphatic heterocycles. The summed E-state index contributed by atoms with van der Waals surface area (Å²) in [5.74, 6) is 0.735. The minimum absolute atomic E-state index is 0.0464. The second-order valence-corrected chi connectivity index (χ2v) is 10.4. The number of aliphatic hydroxyl groups is 1. The van der Waals surface area contributed by atoms with Crippen molar-refractivity contribution in [2.24, 2.45) is 5.92 Å². The second-order valence-electron chi connectivity index (χ2n) is 10.4. The molecule has 0 aromatic heterocycles. The molecule has 4 fully saturated rings. The van der Waals surface area contributed by atoms with Crippen molar-refractivity contribution in [1.29, 1.82) is 0 Å². The number of piperidine rings is 1. The molecule has 2 saturated carbocycles. The lowest BCUT2D eigenvalue weighted by molar-refractivity contribution is -0.191. The maximum atomic E-state index is 13.8. The lowest BCUT2D eigenvalue weighted by atomic mass is 9.45. The summed E-state index contributed by atoms with van der Waals surface area (Å²) in [5, 5.41) is 17.6. The predicted molar refractivity (Wildman–Crippen MR) is 108 cm³/mol. The molecular formula is C23H25N3O5. The number of rotatable bonds is 2. The van der Waals surface area contributed by atoms with Crippen LogP contribution in [0.2, 0.25) is 0 Å². The van der Waals surface area contributed by atoms with Crippen molar-refractivity contribution in [2.45, 2.75) is 67.7 Å². The molecule has 2 bridgehead atoms. The van der Waals surface area contributed by atoms with Gasteiger partial charge in [-0.2, -0.15) is 0 Å². The van der Waals surface area contributed by atoms with Crippen LogP contribution in [0.3, 0.4) is 0 Å². The molecule has 8 heteroatoms. The smallest absolute Gasteiger partial charge is 0.322 e. The van der Waals surface area contributed by atoms with Crippen LogP contribution in [0.5, 0.6) is 5.75 Å². The van der Waals surface area contributed by atoms with E-state index in [1.54, 1.807) is 0 Å². The van der Waals surface area contributed by atoms with Crippen LogP contribution in [0.4, 0.5) is 4.79 Å². The van der Waals surface area contributed by atoms with Crippen LogP contribution in [0, 0.1) is 12.8 Å². The predicted octanol–water partition coefficient (Wildman–Crippen LogP) is 0.778. The highest BCUT2D eigenvalue weighted by Crippen LogP contribution is 2.66. The SMILES string of the molecule is Cc1ccc2c3c1O[C@@H]1[C@]34CCN(CC3CC3)[C@H](C2=O)[C@]4(O)CC[C@]12NC(=O)NC2=O. The summed E-state index contributed by atoms with van der Waals surface area (Å²) in [6.45, 7) is 3.39. The molecule has 2 saturated heterocycles. The Labute approximate surface area is 179 Å². The molecule has 8 nitrogen and oxygen atoms in total. The number of ether oxygens (including phenoxy) is 1. The van der Waals surface area contributed by atoms with Crippen LogP contribution in [-0.4, -0.2) is 64.1 Å². The van der Waals surface area contributed by atoms with Gasteiger partial charge in [0.25, 0.3) is 5.91 Å². The van der Waals surface area contributed by atoms with Crippen molar-refractivity contribution in [2.75, 3.05) is 13.1 Å². The molecule has 31 heavy (non-hydrogen) atoms. The lowest BCUT2D eigenvalue weighted by Gasteiger charge is -2.64. The van der Waals surface area contributed by atoms with Gasteiger partial charge in [-0.15, -0.1) is 0 Å². The zero-order valence-electron chi connectivity index (χ0n) is 17.4. The van der Waals surface area contributed by atoms with E-state index < -0.39 is 40.6 Å². The maximum absolute atomic E-state index is 13.8. The summed E-state index contributed by atoms with van der Waals surface area (Å²) < 4.78 is 6.50. The molecule has 6 aliphatic rings. The number of amides is 3. The van der Waals surface area contributed by atoms with Gasteiger partial charge < -0.3 is 15.2 Å². The molecule has 2 spiro atoms. The molecule has 3 N–H and O–H groups in total. The van der Waals surface area contributed by atoms with Crippen LogP contribution in [-0.2, 0) is 10.2 Å². The Balaban J connectivity index is 1.49. The molecule has 1 aromatic rings. The number of fused-ring (bicyclic) bond motifs is 1. The van der Waals surface area contributed by atoms with Gasteiger partial charge in [-0.3, -0.25) is 19.8 Å². The number of nitrogens with one attached hydrogen (secondary N) is 2. The highest BCUT2D eigenvalue weighted by atomic mass is 16.5. The van der Waals surface area contributed by atoms with Crippen molar-refractivity contribution in [3.05, 3.63) is 28.8 Å². The third-order valence-electron chi connectivity index (χ3n) is 8.89. The molecular weight excluding hydrogens is 398 g/mol. The number of nitrogens with zero attached hydrogens (tertiary/aromatic N) is 1. The molecule has 0 unspecified atom stereocenters. The number of carbonyl (C=O) groups is 3. The first kappa shape index (κ1) is 18.2. The van der Waals surface area contributed by atoms with Crippen molar-refractivity contribution >= 4 is 17.7 Å². The van der Waals surface area contributed by atoms with Gasteiger partial charge in [0.05, 0.1) is 5.41 Å². The van der Waals surface area contributed by atoms with Gasteiger partial charge in [0.1, 0.15) is 23.5 Å². The Kier molecular flexibility index (Phi) is 3.10. The summed E-state index contributed by atoms with van der Waals surface area (Å²) in [5.41, 5.74) is -1.27. The standard InChI is InChI=1S/C23H25N3O5/c1-11-2-5-13-14-16(11)31-18-21(14)8-9-26(10-12-3-4-12)17(15(13)27)23(21,30)7-6-22(18)19(28)24-20(29)25-22/h2,5,12,17-18,30H,3-4,6-10H2,1H3,(H2,24,25,28,29)/t17-,18-,21+,22+,23-/m1/s1. The van der Waals surface area contributed by atoms with E-state index in [-0.39, 0.29) is 18.6 Å². The Hall–Kier alpha value is -2.45. The number of urea groups is 1. The molecule has 1 aromatic carbocycles. The number of ketones is 1. The van der Waals surface area contributed by atoms with E-state index in [9.17, 15) is 19.5 Å². The van der Waals surface area contributed by atoms with Gasteiger partial charge in [-0.25, -0.2) is 4.79 Å². The van der Waals surface area contributed by atoms with E-state index >= 15 is 0 Å². The summed E-state index contributed by atoms with van der Waals surface area (Å²) in [6, 6.07) is 2.56. The van der Waals surface area contributed by atoms with E-state index in [1.165, 1.54) is 12.8 Å². The fraction of sp³-hybridized carbons (Fsp3) is 0.609. The number of carbonyl (C=O) groups excluding carboxylic acids is 3. The fourth-order valence-electron chi connectivity index (χ4n) is 7.37.